The Morgan fingerprint density at radius 2 is 2.17 bits per heavy atom. The van der Waals surface area contributed by atoms with Gasteiger partial charge in [-0.15, -0.1) is 12.4 Å². The molecule has 0 spiro atoms. The molecular weight excluding hydrogens is 184 g/mol. The van der Waals surface area contributed by atoms with Gasteiger partial charge in [-0.2, -0.15) is 0 Å². The molecule has 12 heavy (non-hydrogen) atoms. The lowest BCUT2D eigenvalue weighted by atomic mass is 10.1. The van der Waals surface area contributed by atoms with Crippen LogP contribution in [-0.2, 0) is 9.53 Å². The number of hydrogen-bond donors (Lipinski definition) is 3. The second-order valence-corrected chi connectivity index (χ2v) is 2.57. The summed E-state index contributed by atoms with van der Waals surface area (Å²) in [6.07, 6.45) is -0.950. The maximum Gasteiger partial charge on any atom is 0.326 e. The molecule has 0 aromatic heterocycles. The van der Waals surface area contributed by atoms with E-state index in [-0.39, 0.29) is 12.4 Å². The van der Waals surface area contributed by atoms with Crippen LogP contribution < -0.4 is 11.5 Å². The lowest BCUT2D eigenvalue weighted by Crippen LogP contribution is -2.38. The third kappa shape index (κ3) is 2.07. The molecule has 5 N–H and O–H groups in total. The highest BCUT2D eigenvalue weighted by molar-refractivity contribution is 5.85. The van der Waals surface area contributed by atoms with Gasteiger partial charge in [-0.3, -0.25) is 4.79 Å². The smallest absolute Gasteiger partial charge is 0.326 e. The minimum absolute atomic E-state index is 0. The average Bonchev–Trinajstić information content (AvgIpc) is 2.19. The van der Waals surface area contributed by atoms with Crippen LogP contribution in [0.5, 0.6) is 0 Å². The summed E-state index contributed by atoms with van der Waals surface area (Å²) < 4.78 is 4.73. The van der Waals surface area contributed by atoms with Crippen LogP contribution in [0.15, 0.2) is 0 Å². The summed E-state index contributed by atoms with van der Waals surface area (Å²) in [4.78, 5) is 10.7. The molecule has 0 radical (unpaired) electrons. The van der Waals surface area contributed by atoms with Crippen molar-refractivity contribution >= 4 is 18.4 Å². The van der Waals surface area contributed by atoms with E-state index in [2.05, 4.69) is 0 Å². The molecule has 0 bridgehead atoms. The minimum atomic E-state index is -0.897. The maximum absolute atomic E-state index is 10.7. The highest BCUT2D eigenvalue weighted by atomic mass is 35.5. The van der Waals surface area contributed by atoms with E-state index in [9.17, 15) is 9.90 Å². The van der Waals surface area contributed by atoms with Crippen molar-refractivity contribution < 1.29 is 14.6 Å². The molecule has 1 heterocycles. The molecule has 6 heteroatoms. The van der Waals surface area contributed by atoms with Gasteiger partial charge in [0.15, 0.2) is 0 Å². The fourth-order valence-electron chi connectivity index (χ4n) is 1.06. The van der Waals surface area contributed by atoms with E-state index in [0.717, 1.165) is 0 Å². The molecule has 0 unspecified atom stereocenters. The van der Waals surface area contributed by atoms with Crippen LogP contribution in [0.25, 0.3) is 0 Å². The number of aliphatic hydroxyl groups is 1. The molecule has 0 saturated carbocycles. The SMILES string of the molecule is Cl.NCC[C@H]1OC(=O)[C@@H](N)[C@H]1O. The Kier molecular flexibility index (Phi) is 4.47. The third-order valence-corrected chi connectivity index (χ3v) is 1.74. The molecule has 1 aliphatic rings. The summed E-state index contributed by atoms with van der Waals surface area (Å²) in [5.41, 5.74) is 10.5. The van der Waals surface area contributed by atoms with Crippen LogP contribution in [0.4, 0.5) is 0 Å². The van der Waals surface area contributed by atoms with Gasteiger partial charge in [0, 0.05) is 0 Å². The molecule has 1 fully saturated rings. The van der Waals surface area contributed by atoms with Crippen molar-refractivity contribution in [1.29, 1.82) is 0 Å². The first-order valence-electron chi connectivity index (χ1n) is 3.51. The molecule has 1 rings (SSSR count). The van der Waals surface area contributed by atoms with Gasteiger partial charge in [0.2, 0.25) is 0 Å². The van der Waals surface area contributed by atoms with Crippen molar-refractivity contribution in [3.05, 3.63) is 0 Å². The fraction of sp³-hybridized carbons (Fsp3) is 0.833. The number of ether oxygens (including phenoxy) is 1. The first-order valence-corrected chi connectivity index (χ1v) is 3.51. The highest BCUT2D eigenvalue weighted by Crippen LogP contribution is 2.16. The van der Waals surface area contributed by atoms with Crippen LogP contribution in [-0.4, -0.2) is 35.9 Å². The van der Waals surface area contributed by atoms with Crippen LogP contribution in [0.3, 0.4) is 0 Å². The molecule has 0 aromatic carbocycles. The van der Waals surface area contributed by atoms with E-state index in [1.807, 2.05) is 0 Å². The van der Waals surface area contributed by atoms with Crippen LogP contribution >= 0.6 is 12.4 Å². The second kappa shape index (κ2) is 4.61. The number of carbonyl (C=O) groups excluding carboxylic acids is 1. The first-order chi connectivity index (χ1) is 5.16. The van der Waals surface area contributed by atoms with Crippen molar-refractivity contribution in [2.45, 2.75) is 24.7 Å². The Bertz CT molecular complexity index is 167. The number of cyclic esters (lactones) is 1. The Morgan fingerprint density at radius 3 is 2.50 bits per heavy atom. The van der Waals surface area contributed by atoms with Gasteiger partial charge in [0.1, 0.15) is 18.2 Å². The molecular formula is C6H13ClN2O3. The summed E-state index contributed by atoms with van der Waals surface area (Å²) in [7, 11) is 0. The summed E-state index contributed by atoms with van der Waals surface area (Å²) in [6, 6.07) is -0.897. The van der Waals surface area contributed by atoms with E-state index in [1.165, 1.54) is 0 Å². The first kappa shape index (κ1) is 11.6. The molecule has 1 saturated heterocycles. The predicted octanol–water partition coefficient (Wildman–Crippen LogP) is -1.63. The van der Waals surface area contributed by atoms with E-state index in [1.54, 1.807) is 0 Å². The number of esters is 1. The van der Waals surface area contributed by atoms with Crippen molar-refractivity contribution in [3.8, 4) is 0 Å². The number of nitrogens with two attached hydrogens (primary N) is 2. The zero-order chi connectivity index (χ0) is 8.43. The molecule has 0 aliphatic carbocycles. The van der Waals surface area contributed by atoms with Gasteiger partial charge < -0.3 is 21.3 Å². The van der Waals surface area contributed by atoms with Gasteiger partial charge in [-0.25, -0.2) is 0 Å². The molecule has 5 nitrogen and oxygen atoms in total. The van der Waals surface area contributed by atoms with E-state index in [0.29, 0.717) is 13.0 Å². The normalized spacial score (nSPS) is 34.2. The molecule has 0 amide bonds. The van der Waals surface area contributed by atoms with Gasteiger partial charge in [-0.05, 0) is 13.0 Å². The Hall–Kier alpha value is -0.360. The zero-order valence-electron chi connectivity index (χ0n) is 6.47. The van der Waals surface area contributed by atoms with Crippen LogP contribution in [0.1, 0.15) is 6.42 Å². The van der Waals surface area contributed by atoms with Crippen LogP contribution in [0.2, 0.25) is 0 Å². The molecule has 0 aromatic rings. The average molecular weight is 197 g/mol. The van der Waals surface area contributed by atoms with Gasteiger partial charge in [0.05, 0.1) is 0 Å². The topological polar surface area (TPSA) is 98.6 Å². The summed E-state index contributed by atoms with van der Waals surface area (Å²) >= 11 is 0. The predicted molar refractivity (Wildman–Crippen MR) is 44.8 cm³/mol. The maximum atomic E-state index is 10.7. The van der Waals surface area contributed by atoms with Crippen LogP contribution in [0, 0.1) is 0 Å². The minimum Gasteiger partial charge on any atom is -0.458 e. The highest BCUT2D eigenvalue weighted by Gasteiger charge is 2.40. The molecule has 72 valence electrons. The lowest BCUT2D eigenvalue weighted by Gasteiger charge is -2.11. The molecule has 3 atom stereocenters. The van der Waals surface area contributed by atoms with Crippen molar-refractivity contribution in [1.82, 2.24) is 0 Å². The fourth-order valence-corrected chi connectivity index (χ4v) is 1.06. The Morgan fingerprint density at radius 1 is 1.58 bits per heavy atom. The van der Waals surface area contributed by atoms with Gasteiger partial charge in [-0.1, -0.05) is 0 Å². The molecule has 1 aliphatic heterocycles. The summed E-state index contributed by atoms with van der Waals surface area (Å²) in [6.45, 7) is 0.377. The largest absolute Gasteiger partial charge is 0.458 e. The van der Waals surface area contributed by atoms with Crippen molar-refractivity contribution in [2.24, 2.45) is 11.5 Å². The monoisotopic (exact) mass is 196 g/mol. The number of carbonyl (C=O) groups is 1. The van der Waals surface area contributed by atoms with Gasteiger partial charge in [0.25, 0.3) is 0 Å². The summed E-state index contributed by atoms with van der Waals surface area (Å²) in [5.74, 6) is -0.545. The second-order valence-electron chi connectivity index (χ2n) is 2.57. The summed E-state index contributed by atoms with van der Waals surface area (Å²) in [5, 5.41) is 9.23. The zero-order valence-corrected chi connectivity index (χ0v) is 7.29. The number of halogens is 1. The standard InChI is InChI=1S/C6H12N2O3.ClH/c7-2-1-3-5(9)4(8)6(10)11-3;/h3-5,9H,1-2,7-8H2;1H/t3-,4+,5+;/m1./s1. The number of hydrogen-bond acceptors (Lipinski definition) is 5. The number of aliphatic hydroxyl groups excluding tert-OH is 1. The lowest BCUT2D eigenvalue weighted by molar-refractivity contribution is -0.142. The van der Waals surface area contributed by atoms with Crippen molar-refractivity contribution in [2.75, 3.05) is 6.54 Å². The van der Waals surface area contributed by atoms with E-state index < -0.39 is 24.2 Å². The Labute approximate surface area is 76.5 Å². The van der Waals surface area contributed by atoms with E-state index >= 15 is 0 Å². The number of rotatable bonds is 2. The van der Waals surface area contributed by atoms with Gasteiger partial charge >= 0.3 is 5.97 Å². The quantitative estimate of drug-likeness (QED) is 0.461. The third-order valence-electron chi connectivity index (χ3n) is 1.74. The van der Waals surface area contributed by atoms with Crippen molar-refractivity contribution in [3.63, 3.8) is 0 Å². The van der Waals surface area contributed by atoms with E-state index in [4.69, 9.17) is 16.2 Å². The Balaban J connectivity index is 0.00000121.